The molecule has 2 aliphatic rings. The topological polar surface area (TPSA) is 84.3 Å². The maximum Gasteiger partial charge on any atom is 0.229 e. The highest BCUT2D eigenvalue weighted by Crippen LogP contribution is 2.47. The zero-order valence-electron chi connectivity index (χ0n) is 15.1. The molecule has 2 N–H and O–H groups in total. The predicted molar refractivity (Wildman–Crippen MR) is 96.1 cm³/mol. The average molecular weight is 342 g/mol. The van der Waals surface area contributed by atoms with E-state index in [2.05, 4.69) is 38.9 Å². The maximum atomic E-state index is 6.08. The summed E-state index contributed by atoms with van der Waals surface area (Å²) in [6.07, 6.45) is 3.68. The van der Waals surface area contributed by atoms with E-state index < -0.39 is 0 Å². The normalized spacial score (nSPS) is 22.4. The Bertz CT molecular complexity index is 754. The lowest BCUT2D eigenvalue weighted by atomic mass is 10.3. The molecule has 0 aromatic carbocycles. The highest BCUT2D eigenvalue weighted by atomic mass is 16.3. The third-order valence-electron chi connectivity index (χ3n) is 5.01. The van der Waals surface area contributed by atoms with Crippen LogP contribution in [0.5, 0.6) is 0 Å². The fourth-order valence-electron chi connectivity index (χ4n) is 3.23. The van der Waals surface area contributed by atoms with E-state index in [9.17, 15) is 0 Å². The van der Waals surface area contributed by atoms with Gasteiger partial charge in [-0.25, -0.2) is 0 Å². The Hall–Kier alpha value is -2.15. The highest BCUT2D eigenvalue weighted by Gasteiger charge is 2.37. The summed E-state index contributed by atoms with van der Waals surface area (Å²) in [5.41, 5.74) is 5.85. The van der Waals surface area contributed by atoms with E-state index in [0.29, 0.717) is 30.3 Å². The van der Waals surface area contributed by atoms with Crippen LogP contribution >= 0.6 is 0 Å². The van der Waals surface area contributed by atoms with Gasteiger partial charge in [-0.1, -0.05) is 6.92 Å². The van der Waals surface area contributed by atoms with Gasteiger partial charge in [0.05, 0.1) is 13.1 Å². The molecule has 2 saturated carbocycles. The van der Waals surface area contributed by atoms with Crippen LogP contribution in [0.25, 0.3) is 0 Å². The fraction of sp³-hybridized carbons (Fsp3) is 0.611. The molecule has 0 unspecified atom stereocenters. The molecule has 0 saturated heterocycles. The lowest BCUT2D eigenvalue weighted by Crippen LogP contribution is -2.27. The molecule has 0 bridgehead atoms. The number of nitrogens with zero attached hydrogens (tertiary/aromatic N) is 5. The number of nitrogen functional groups attached to an aromatic ring is 1. The fourth-order valence-corrected chi connectivity index (χ4v) is 3.23. The molecule has 4 rings (SSSR count). The molecule has 0 radical (unpaired) electrons. The minimum Gasteiger partial charge on any atom is -0.464 e. The Kier molecular flexibility index (Phi) is 4.11. The molecular weight excluding hydrogens is 316 g/mol. The summed E-state index contributed by atoms with van der Waals surface area (Å²) in [5.74, 6) is 5.12. The second kappa shape index (κ2) is 6.29. The Morgan fingerprint density at radius 1 is 1.16 bits per heavy atom. The summed E-state index contributed by atoms with van der Waals surface area (Å²) in [7, 11) is 3.81. The zero-order valence-corrected chi connectivity index (χ0v) is 15.1. The van der Waals surface area contributed by atoms with Gasteiger partial charge in [0.2, 0.25) is 11.9 Å². The second-order valence-electron chi connectivity index (χ2n) is 7.56. The lowest BCUT2D eigenvalue weighted by Gasteiger charge is -2.20. The Labute approximate surface area is 148 Å². The van der Waals surface area contributed by atoms with Crippen LogP contribution in [-0.4, -0.2) is 40.0 Å². The summed E-state index contributed by atoms with van der Waals surface area (Å²) in [5, 5.41) is 0. The summed E-state index contributed by atoms with van der Waals surface area (Å²) in [6, 6.07) is 4.83. The van der Waals surface area contributed by atoms with Gasteiger partial charge in [0.1, 0.15) is 17.3 Å². The smallest absolute Gasteiger partial charge is 0.229 e. The number of aromatic nitrogens is 3. The standard InChI is InChI=1S/C18H26N6O/c1-11-8-14(11)15-7-6-13(25-15)9-24(12-4-5-12)10-16-20-17(19)22-18(21-16)23(2)3/h6-7,11-12,14H,4-5,8-10H2,1-3H3,(H2,19,20,21,22)/t11-,14-/m1/s1. The molecule has 2 fully saturated rings. The van der Waals surface area contributed by atoms with Gasteiger partial charge < -0.3 is 15.1 Å². The van der Waals surface area contributed by atoms with Gasteiger partial charge in [0, 0.05) is 26.1 Å². The minimum absolute atomic E-state index is 0.271. The van der Waals surface area contributed by atoms with Crippen molar-refractivity contribution in [2.45, 2.75) is 51.2 Å². The first-order valence-electron chi connectivity index (χ1n) is 9.00. The molecule has 0 aliphatic heterocycles. The van der Waals surface area contributed by atoms with E-state index >= 15 is 0 Å². The van der Waals surface area contributed by atoms with Crippen LogP contribution in [-0.2, 0) is 13.1 Å². The number of hydrogen-bond donors (Lipinski definition) is 1. The molecule has 2 aromatic rings. The van der Waals surface area contributed by atoms with Gasteiger partial charge in [-0.15, -0.1) is 0 Å². The van der Waals surface area contributed by atoms with Gasteiger partial charge in [-0.05, 0) is 37.3 Å². The van der Waals surface area contributed by atoms with Gasteiger partial charge in [-0.3, -0.25) is 4.90 Å². The van der Waals surface area contributed by atoms with Gasteiger partial charge in [-0.2, -0.15) is 15.0 Å². The quantitative estimate of drug-likeness (QED) is 0.827. The van der Waals surface area contributed by atoms with Gasteiger partial charge in [0.25, 0.3) is 0 Å². The van der Waals surface area contributed by atoms with Crippen molar-refractivity contribution in [2.75, 3.05) is 24.7 Å². The number of anilines is 2. The molecule has 2 aromatic heterocycles. The van der Waals surface area contributed by atoms with Crippen molar-refractivity contribution >= 4 is 11.9 Å². The van der Waals surface area contributed by atoms with Crippen LogP contribution in [0.2, 0.25) is 0 Å². The van der Waals surface area contributed by atoms with Crippen molar-refractivity contribution in [1.82, 2.24) is 19.9 Å². The minimum atomic E-state index is 0.271. The molecule has 134 valence electrons. The maximum absolute atomic E-state index is 6.08. The largest absolute Gasteiger partial charge is 0.464 e. The van der Waals surface area contributed by atoms with E-state index in [1.165, 1.54) is 19.3 Å². The number of hydrogen-bond acceptors (Lipinski definition) is 7. The van der Waals surface area contributed by atoms with Crippen LogP contribution in [0.3, 0.4) is 0 Å². The number of nitrogens with two attached hydrogens (primary N) is 1. The first kappa shape index (κ1) is 16.3. The van der Waals surface area contributed by atoms with E-state index in [0.717, 1.165) is 24.0 Å². The van der Waals surface area contributed by atoms with E-state index in [4.69, 9.17) is 10.2 Å². The van der Waals surface area contributed by atoms with Crippen molar-refractivity contribution < 1.29 is 4.42 Å². The van der Waals surface area contributed by atoms with Crippen LogP contribution in [0.4, 0.5) is 11.9 Å². The summed E-state index contributed by atoms with van der Waals surface area (Å²) >= 11 is 0. The Balaban J connectivity index is 1.47. The molecule has 7 heteroatoms. The molecule has 2 atom stereocenters. The van der Waals surface area contributed by atoms with Crippen molar-refractivity contribution in [1.29, 1.82) is 0 Å². The predicted octanol–water partition coefficient (Wildman–Crippen LogP) is 2.40. The van der Waals surface area contributed by atoms with Gasteiger partial charge >= 0.3 is 0 Å². The Morgan fingerprint density at radius 3 is 2.56 bits per heavy atom. The average Bonchev–Trinajstić information content (AvgIpc) is 3.47. The first-order valence-corrected chi connectivity index (χ1v) is 9.00. The molecule has 2 aliphatic carbocycles. The van der Waals surface area contributed by atoms with Crippen LogP contribution in [0.1, 0.15) is 49.4 Å². The van der Waals surface area contributed by atoms with Crippen LogP contribution < -0.4 is 10.6 Å². The molecule has 0 amide bonds. The third kappa shape index (κ3) is 3.76. The lowest BCUT2D eigenvalue weighted by molar-refractivity contribution is 0.217. The van der Waals surface area contributed by atoms with E-state index in [-0.39, 0.29) is 5.95 Å². The molecular formula is C18H26N6O. The van der Waals surface area contributed by atoms with Gasteiger partial charge in [0.15, 0.2) is 0 Å². The highest BCUT2D eigenvalue weighted by molar-refractivity contribution is 5.32. The summed E-state index contributed by atoms with van der Waals surface area (Å²) < 4.78 is 6.08. The number of furan rings is 1. The van der Waals surface area contributed by atoms with E-state index in [1.54, 1.807) is 0 Å². The molecule has 25 heavy (non-hydrogen) atoms. The SMILES string of the molecule is C[C@@H]1C[C@H]1c1ccc(CN(Cc2nc(N)nc(N(C)C)n2)C2CC2)o1. The van der Waals surface area contributed by atoms with Crippen molar-refractivity contribution in [3.05, 3.63) is 29.5 Å². The molecule has 2 heterocycles. The molecule has 0 spiro atoms. The monoisotopic (exact) mass is 342 g/mol. The van der Waals surface area contributed by atoms with Crippen molar-refractivity contribution in [3.63, 3.8) is 0 Å². The summed E-state index contributed by atoms with van der Waals surface area (Å²) in [6.45, 7) is 3.72. The van der Waals surface area contributed by atoms with Crippen molar-refractivity contribution in [2.24, 2.45) is 5.92 Å². The van der Waals surface area contributed by atoms with Crippen LogP contribution in [0.15, 0.2) is 16.5 Å². The zero-order chi connectivity index (χ0) is 17.6. The van der Waals surface area contributed by atoms with Crippen molar-refractivity contribution in [3.8, 4) is 0 Å². The second-order valence-corrected chi connectivity index (χ2v) is 7.56. The van der Waals surface area contributed by atoms with E-state index in [1.807, 2.05) is 19.0 Å². The Morgan fingerprint density at radius 2 is 1.92 bits per heavy atom. The number of rotatable bonds is 7. The summed E-state index contributed by atoms with van der Waals surface area (Å²) in [4.78, 5) is 17.2. The molecule has 7 nitrogen and oxygen atoms in total. The third-order valence-corrected chi connectivity index (χ3v) is 5.01. The first-order chi connectivity index (χ1) is 12.0. The van der Waals surface area contributed by atoms with Crippen LogP contribution in [0, 0.1) is 5.92 Å².